The van der Waals surface area contributed by atoms with Crippen molar-refractivity contribution in [3.05, 3.63) is 35.4 Å². The van der Waals surface area contributed by atoms with Crippen LogP contribution < -0.4 is 5.32 Å². The predicted molar refractivity (Wildman–Crippen MR) is 80.1 cm³/mol. The van der Waals surface area contributed by atoms with Gasteiger partial charge in [-0.1, -0.05) is 13.0 Å². The first-order valence-corrected chi connectivity index (χ1v) is 7.79. The topological polar surface area (TPSA) is 21.3 Å². The Morgan fingerprint density at radius 3 is 2.33 bits per heavy atom. The molecule has 2 rings (SSSR count). The average molecular weight is 297 g/mol. The van der Waals surface area contributed by atoms with Crippen molar-refractivity contribution in [2.24, 2.45) is 5.92 Å². The van der Waals surface area contributed by atoms with Gasteiger partial charge in [-0.3, -0.25) is 0 Å². The van der Waals surface area contributed by atoms with E-state index >= 15 is 0 Å². The van der Waals surface area contributed by atoms with Crippen molar-refractivity contribution in [2.75, 3.05) is 13.7 Å². The summed E-state index contributed by atoms with van der Waals surface area (Å²) in [5.74, 6) is -0.374. The zero-order chi connectivity index (χ0) is 15.5. The molecule has 0 aliphatic heterocycles. The highest BCUT2D eigenvalue weighted by Crippen LogP contribution is 2.44. The van der Waals surface area contributed by atoms with Crippen molar-refractivity contribution in [2.45, 2.75) is 51.2 Å². The average Bonchev–Trinajstić information content (AvgIpc) is 2.46. The summed E-state index contributed by atoms with van der Waals surface area (Å²) in [6.45, 7) is 4.70. The zero-order valence-electron chi connectivity index (χ0n) is 13.1. The van der Waals surface area contributed by atoms with E-state index in [4.69, 9.17) is 4.74 Å². The Labute approximate surface area is 125 Å². The van der Waals surface area contributed by atoms with Crippen LogP contribution in [0.1, 0.15) is 51.1 Å². The highest BCUT2D eigenvalue weighted by molar-refractivity contribution is 5.26. The van der Waals surface area contributed by atoms with Gasteiger partial charge in [0.1, 0.15) is 11.6 Å². The molecule has 1 unspecified atom stereocenters. The van der Waals surface area contributed by atoms with E-state index in [0.29, 0.717) is 12.5 Å². The lowest BCUT2D eigenvalue weighted by molar-refractivity contribution is -0.0974. The molecule has 0 saturated heterocycles. The Bertz CT molecular complexity index is 450. The van der Waals surface area contributed by atoms with Crippen LogP contribution in [-0.2, 0) is 4.74 Å². The molecule has 0 aromatic heterocycles. The standard InChI is InChI=1S/C17H25F2NO/c1-4-21-17(10-8-12(2)9-11-17)16(20-3)15-13(18)6-5-7-14(15)19/h5-7,12,16,20H,4,8-11H2,1-3H3. The van der Waals surface area contributed by atoms with E-state index in [1.165, 1.54) is 18.2 Å². The predicted octanol–water partition coefficient (Wildman–Crippen LogP) is 4.21. The maximum Gasteiger partial charge on any atom is 0.131 e. The minimum atomic E-state index is -0.529. The first-order chi connectivity index (χ1) is 10.0. The summed E-state index contributed by atoms with van der Waals surface area (Å²) in [6.07, 6.45) is 3.69. The van der Waals surface area contributed by atoms with Gasteiger partial charge in [-0.2, -0.15) is 0 Å². The second-order valence-corrected chi connectivity index (χ2v) is 6.04. The number of rotatable bonds is 5. The summed E-state index contributed by atoms with van der Waals surface area (Å²) in [5, 5.41) is 3.11. The molecule has 1 aliphatic rings. The second kappa shape index (κ2) is 6.84. The third-order valence-electron chi connectivity index (χ3n) is 4.66. The highest BCUT2D eigenvalue weighted by atomic mass is 19.1. The molecule has 1 atom stereocenters. The largest absolute Gasteiger partial charge is 0.373 e. The molecular weight excluding hydrogens is 272 g/mol. The van der Waals surface area contributed by atoms with Crippen molar-refractivity contribution in [1.82, 2.24) is 5.32 Å². The van der Waals surface area contributed by atoms with Crippen LogP contribution in [0.3, 0.4) is 0 Å². The van der Waals surface area contributed by atoms with Gasteiger partial charge in [-0.15, -0.1) is 0 Å². The molecule has 0 radical (unpaired) electrons. The number of hydrogen-bond donors (Lipinski definition) is 1. The summed E-state index contributed by atoms with van der Waals surface area (Å²) in [5.41, 5.74) is -0.429. The molecule has 1 aromatic rings. The molecule has 1 aromatic carbocycles. The third-order valence-corrected chi connectivity index (χ3v) is 4.66. The van der Waals surface area contributed by atoms with E-state index in [1.54, 1.807) is 7.05 Å². The number of nitrogens with one attached hydrogen (secondary N) is 1. The van der Waals surface area contributed by atoms with E-state index < -0.39 is 23.3 Å². The SMILES string of the molecule is CCOC1(C(NC)c2c(F)cccc2F)CCC(C)CC1. The Kier molecular flexibility index (Phi) is 5.33. The quantitative estimate of drug-likeness (QED) is 0.879. The summed E-state index contributed by atoms with van der Waals surface area (Å²) in [4.78, 5) is 0. The van der Waals surface area contributed by atoms with E-state index in [2.05, 4.69) is 12.2 Å². The normalized spacial score (nSPS) is 27.6. The monoisotopic (exact) mass is 297 g/mol. The van der Waals surface area contributed by atoms with Crippen LogP contribution in [0.5, 0.6) is 0 Å². The first kappa shape index (κ1) is 16.4. The van der Waals surface area contributed by atoms with Crippen molar-refractivity contribution >= 4 is 0 Å². The number of likely N-dealkylation sites (N-methyl/N-ethyl adjacent to an activating group) is 1. The summed E-state index contributed by atoms with van der Waals surface area (Å²) >= 11 is 0. The van der Waals surface area contributed by atoms with E-state index in [1.807, 2.05) is 6.92 Å². The molecular formula is C17H25F2NO. The molecule has 118 valence electrons. The van der Waals surface area contributed by atoms with Gasteiger partial charge in [0.15, 0.2) is 0 Å². The molecule has 1 N–H and O–H groups in total. The zero-order valence-corrected chi connectivity index (χ0v) is 13.1. The lowest BCUT2D eigenvalue weighted by Gasteiger charge is -2.45. The molecule has 1 aliphatic carbocycles. The molecule has 1 fully saturated rings. The van der Waals surface area contributed by atoms with Crippen LogP contribution in [-0.4, -0.2) is 19.3 Å². The van der Waals surface area contributed by atoms with Crippen molar-refractivity contribution < 1.29 is 13.5 Å². The Hall–Kier alpha value is -1.00. The lowest BCUT2D eigenvalue weighted by atomic mass is 9.73. The summed E-state index contributed by atoms with van der Waals surface area (Å²) in [7, 11) is 1.75. The van der Waals surface area contributed by atoms with Crippen LogP contribution in [0.15, 0.2) is 18.2 Å². The summed E-state index contributed by atoms with van der Waals surface area (Å²) < 4.78 is 34.4. The molecule has 0 bridgehead atoms. The molecule has 0 spiro atoms. The Balaban J connectivity index is 2.41. The van der Waals surface area contributed by atoms with Gasteiger partial charge in [-0.25, -0.2) is 8.78 Å². The third kappa shape index (κ3) is 3.27. The molecule has 0 heterocycles. The number of benzene rings is 1. The minimum Gasteiger partial charge on any atom is -0.373 e. The van der Waals surface area contributed by atoms with Crippen molar-refractivity contribution in [1.29, 1.82) is 0 Å². The van der Waals surface area contributed by atoms with Gasteiger partial charge in [0.05, 0.1) is 11.6 Å². The van der Waals surface area contributed by atoms with Crippen LogP contribution in [0, 0.1) is 17.6 Å². The number of ether oxygens (including phenoxy) is 1. The lowest BCUT2D eigenvalue weighted by Crippen LogP contribution is -2.48. The molecule has 0 amide bonds. The van der Waals surface area contributed by atoms with E-state index in [0.717, 1.165) is 25.7 Å². The maximum atomic E-state index is 14.2. The van der Waals surface area contributed by atoms with Crippen LogP contribution in [0.2, 0.25) is 0 Å². The van der Waals surface area contributed by atoms with Gasteiger partial charge in [0, 0.05) is 12.2 Å². The molecule has 1 saturated carbocycles. The smallest absolute Gasteiger partial charge is 0.131 e. The van der Waals surface area contributed by atoms with E-state index in [9.17, 15) is 8.78 Å². The molecule has 4 heteroatoms. The molecule has 2 nitrogen and oxygen atoms in total. The summed E-state index contributed by atoms with van der Waals surface area (Å²) in [6, 6.07) is 3.56. The van der Waals surface area contributed by atoms with Crippen LogP contribution >= 0.6 is 0 Å². The van der Waals surface area contributed by atoms with Gasteiger partial charge < -0.3 is 10.1 Å². The molecule has 21 heavy (non-hydrogen) atoms. The van der Waals surface area contributed by atoms with Gasteiger partial charge in [-0.05, 0) is 57.7 Å². The minimum absolute atomic E-state index is 0.100. The van der Waals surface area contributed by atoms with Crippen LogP contribution in [0.4, 0.5) is 8.78 Å². The fraction of sp³-hybridized carbons (Fsp3) is 0.647. The van der Waals surface area contributed by atoms with E-state index in [-0.39, 0.29) is 5.56 Å². The maximum absolute atomic E-state index is 14.2. The van der Waals surface area contributed by atoms with Crippen molar-refractivity contribution in [3.8, 4) is 0 Å². The Morgan fingerprint density at radius 1 is 1.29 bits per heavy atom. The Morgan fingerprint density at radius 2 is 1.86 bits per heavy atom. The fourth-order valence-electron chi connectivity index (χ4n) is 3.51. The van der Waals surface area contributed by atoms with Gasteiger partial charge >= 0.3 is 0 Å². The van der Waals surface area contributed by atoms with Crippen molar-refractivity contribution in [3.63, 3.8) is 0 Å². The first-order valence-electron chi connectivity index (χ1n) is 7.79. The second-order valence-electron chi connectivity index (χ2n) is 6.04. The number of hydrogen-bond acceptors (Lipinski definition) is 2. The van der Waals surface area contributed by atoms with Crippen LogP contribution in [0.25, 0.3) is 0 Å². The number of halogens is 2. The van der Waals surface area contributed by atoms with Gasteiger partial charge in [0.2, 0.25) is 0 Å². The van der Waals surface area contributed by atoms with Gasteiger partial charge in [0.25, 0.3) is 0 Å². The fourth-order valence-corrected chi connectivity index (χ4v) is 3.51. The highest BCUT2D eigenvalue weighted by Gasteiger charge is 2.44.